The van der Waals surface area contributed by atoms with E-state index in [0.29, 0.717) is 18.3 Å². The standard InChI is InChI=1S/C11H15F3N4/c12-11(13,14)9-4-5-10(18-17-9)16-8-3-1-2-7(8)6-15/h4-5,7-8H,1-3,6,15H2,(H,16,18). The summed E-state index contributed by atoms with van der Waals surface area (Å²) < 4.78 is 36.9. The van der Waals surface area contributed by atoms with Crippen molar-refractivity contribution in [2.45, 2.75) is 31.5 Å². The van der Waals surface area contributed by atoms with Crippen LogP contribution in [0.15, 0.2) is 12.1 Å². The lowest BCUT2D eigenvalue weighted by Crippen LogP contribution is -2.30. The largest absolute Gasteiger partial charge is 0.435 e. The summed E-state index contributed by atoms with van der Waals surface area (Å²) >= 11 is 0. The van der Waals surface area contributed by atoms with Crippen LogP contribution in [0.5, 0.6) is 0 Å². The SMILES string of the molecule is NCC1CCCC1Nc1ccc(C(F)(F)F)nn1. The number of hydrogen-bond donors (Lipinski definition) is 2. The van der Waals surface area contributed by atoms with Gasteiger partial charge in [-0.05, 0) is 37.4 Å². The number of nitrogens with zero attached hydrogens (tertiary/aromatic N) is 2. The molecule has 2 unspecified atom stereocenters. The zero-order valence-electron chi connectivity index (χ0n) is 9.74. The highest BCUT2D eigenvalue weighted by atomic mass is 19.4. The van der Waals surface area contributed by atoms with Gasteiger partial charge in [-0.2, -0.15) is 13.2 Å². The second-order valence-electron chi connectivity index (χ2n) is 4.48. The second kappa shape index (κ2) is 5.09. The molecule has 100 valence electrons. The van der Waals surface area contributed by atoms with Crippen molar-refractivity contribution in [3.8, 4) is 0 Å². The summed E-state index contributed by atoms with van der Waals surface area (Å²) in [6.45, 7) is 0.575. The van der Waals surface area contributed by atoms with Gasteiger partial charge in [0.25, 0.3) is 0 Å². The summed E-state index contributed by atoms with van der Waals surface area (Å²) in [7, 11) is 0. The molecule has 0 spiro atoms. The second-order valence-corrected chi connectivity index (χ2v) is 4.48. The van der Waals surface area contributed by atoms with Crippen molar-refractivity contribution in [1.29, 1.82) is 0 Å². The first-order chi connectivity index (χ1) is 8.50. The van der Waals surface area contributed by atoms with Crippen molar-refractivity contribution in [3.05, 3.63) is 17.8 Å². The molecule has 1 aromatic rings. The Hall–Kier alpha value is -1.37. The van der Waals surface area contributed by atoms with E-state index in [1.807, 2.05) is 0 Å². The summed E-state index contributed by atoms with van der Waals surface area (Å²) in [6, 6.07) is 2.42. The number of anilines is 1. The van der Waals surface area contributed by atoms with E-state index in [9.17, 15) is 13.2 Å². The average molecular weight is 260 g/mol. The fourth-order valence-electron chi connectivity index (χ4n) is 2.26. The third-order valence-electron chi connectivity index (χ3n) is 3.25. The van der Waals surface area contributed by atoms with Crippen molar-refractivity contribution >= 4 is 5.82 Å². The molecule has 0 aromatic carbocycles. The lowest BCUT2D eigenvalue weighted by molar-refractivity contribution is -0.141. The van der Waals surface area contributed by atoms with Gasteiger partial charge in [-0.3, -0.25) is 0 Å². The van der Waals surface area contributed by atoms with Crippen LogP contribution in [0.1, 0.15) is 25.0 Å². The molecule has 1 heterocycles. The molecule has 2 atom stereocenters. The van der Waals surface area contributed by atoms with E-state index < -0.39 is 11.9 Å². The summed E-state index contributed by atoms with van der Waals surface area (Å²) in [5.74, 6) is 0.724. The molecule has 18 heavy (non-hydrogen) atoms. The van der Waals surface area contributed by atoms with Gasteiger partial charge in [0.2, 0.25) is 0 Å². The Morgan fingerprint density at radius 2 is 2.06 bits per heavy atom. The molecule has 0 saturated heterocycles. The molecular formula is C11H15F3N4. The van der Waals surface area contributed by atoms with E-state index in [-0.39, 0.29) is 6.04 Å². The maximum atomic E-state index is 12.3. The fourth-order valence-corrected chi connectivity index (χ4v) is 2.26. The van der Waals surface area contributed by atoms with Crippen molar-refractivity contribution in [3.63, 3.8) is 0 Å². The molecule has 0 radical (unpaired) electrons. The van der Waals surface area contributed by atoms with Crippen molar-refractivity contribution in [2.75, 3.05) is 11.9 Å². The van der Waals surface area contributed by atoms with Gasteiger partial charge in [0.1, 0.15) is 5.82 Å². The van der Waals surface area contributed by atoms with E-state index in [0.717, 1.165) is 25.3 Å². The minimum Gasteiger partial charge on any atom is -0.366 e. The van der Waals surface area contributed by atoms with E-state index in [2.05, 4.69) is 15.5 Å². The molecule has 2 rings (SSSR count). The van der Waals surface area contributed by atoms with E-state index >= 15 is 0 Å². The van der Waals surface area contributed by atoms with Gasteiger partial charge in [0, 0.05) is 6.04 Å². The Kier molecular flexibility index (Phi) is 3.70. The Bertz CT molecular complexity index is 390. The molecule has 0 bridgehead atoms. The van der Waals surface area contributed by atoms with Crippen LogP contribution < -0.4 is 11.1 Å². The summed E-state index contributed by atoms with van der Waals surface area (Å²) in [6.07, 6.45) is -1.36. The zero-order chi connectivity index (χ0) is 13.2. The summed E-state index contributed by atoms with van der Waals surface area (Å²) in [5.41, 5.74) is 4.66. The minimum atomic E-state index is -4.45. The van der Waals surface area contributed by atoms with Gasteiger partial charge >= 0.3 is 6.18 Å². The number of rotatable bonds is 3. The highest BCUT2D eigenvalue weighted by Crippen LogP contribution is 2.29. The normalized spacial score (nSPS) is 24.2. The number of hydrogen-bond acceptors (Lipinski definition) is 4. The van der Waals surface area contributed by atoms with Crippen molar-refractivity contribution in [2.24, 2.45) is 11.7 Å². The molecule has 0 amide bonds. The van der Waals surface area contributed by atoms with Gasteiger partial charge in [-0.25, -0.2) is 0 Å². The van der Waals surface area contributed by atoms with Crippen molar-refractivity contribution < 1.29 is 13.2 Å². The molecule has 1 fully saturated rings. The number of nitrogens with one attached hydrogen (secondary N) is 1. The van der Waals surface area contributed by atoms with Crippen LogP contribution in [0.4, 0.5) is 19.0 Å². The van der Waals surface area contributed by atoms with Gasteiger partial charge < -0.3 is 11.1 Å². The minimum absolute atomic E-state index is 0.182. The lowest BCUT2D eigenvalue weighted by Gasteiger charge is -2.19. The summed E-state index contributed by atoms with van der Waals surface area (Å²) in [5, 5.41) is 9.83. The molecule has 1 saturated carbocycles. The van der Waals surface area contributed by atoms with Crippen LogP contribution in [0.2, 0.25) is 0 Å². The Balaban J connectivity index is 2.02. The molecule has 1 aliphatic carbocycles. The Morgan fingerprint density at radius 3 is 2.61 bits per heavy atom. The highest BCUT2D eigenvalue weighted by molar-refractivity contribution is 5.35. The molecule has 0 aliphatic heterocycles. The van der Waals surface area contributed by atoms with Gasteiger partial charge in [-0.1, -0.05) is 6.42 Å². The van der Waals surface area contributed by atoms with Crippen LogP contribution in [-0.2, 0) is 6.18 Å². The zero-order valence-corrected chi connectivity index (χ0v) is 9.74. The maximum Gasteiger partial charge on any atom is 0.435 e. The number of halogens is 3. The third kappa shape index (κ3) is 2.90. The average Bonchev–Trinajstić information content (AvgIpc) is 2.76. The number of nitrogens with two attached hydrogens (primary N) is 1. The first kappa shape index (κ1) is 13.1. The van der Waals surface area contributed by atoms with Crippen molar-refractivity contribution in [1.82, 2.24) is 10.2 Å². The van der Waals surface area contributed by atoms with Crippen LogP contribution in [0, 0.1) is 5.92 Å². The number of alkyl halides is 3. The van der Waals surface area contributed by atoms with E-state index in [1.54, 1.807) is 0 Å². The topological polar surface area (TPSA) is 63.8 Å². The molecular weight excluding hydrogens is 245 g/mol. The predicted molar refractivity (Wildman–Crippen MR) is 60.8 cm³/mol. The fraction of sp³-hybridized carbons (Fsp3) is 0.636. The first-order valence-corrected chi connectivity index (χ1v) is 5.88. The highest BCUT2D eigenvalue weighted by Gasteiger charge is 2.33. The molecule has 3 N–H and O–H groups in total. The molecule has 4 nitrogen and oxygen atoms in total. The smallest absolute Gasteiger partial charge is 0.366 e. The van der Waals surface area contributed by atoms with E-state index in [4.69, 9.17) is 5.73 Å². The van der Waals surface area contributed by atoms with Crippen LogP contribution in [0.3, 0.4) is 0 Å². The Morgan fingerprint density at radius 1 is 1.28 bits per heavy atom. The van der Waals surface area contributed by atoms with E-state index in [1.165, 1.54) is 6.07 Å². The predicted octanol–water partition coefficient (Wildman–Crippen LogP) is 2.03. The van der Waals surface area contributed by atoms with Gasteiger partial charge in [-0.15, -0.1) is 10.2 Å². The van der Waals surface area contributed by atoms with Crippen LogP contribution >= 0.6 is 0 Å². The third-order valence-corrected chi connectivity index (χ3v) is 3.25. The molecule has 1 aliphatic rings. The monoisotopic (exact) mass is 260 g/mol. The van der Waals surface area contributed by atoms with Crippen LogP contribution in [-0.4, -0.2) is 22.8 Å². The van der Waals surface area contributed by atoms with Gasteiger partial charge in [0.15, 0.2) is 5.69 Å². The Labute approximate surface area is 103 Å². The first-order valence-electron chi connectivity index (χ1n) is 5.88. The van der Waals surface area contributed by atoms with Gasteiger partial charge in [0.05, 0.1) is 0 Å². The lowest BCUT2D eigenvalue weighted by atomic mass is 10.0. The maximum absolute atomic E-state index is 12.3. The number of aromatic nitrogens is 2. The molecule has 7 heteroatoms. The summed E-state index contributed by atoms with van der Waals surface area (Å²) in [4.78, 5) is 0. The molecule has 1 aromatic heterocycles. The quantitative estimate of drug-likeness (QED) is 0.873. The van der Waals surface area contributed by atoms with Crippen LogP contribution in [0.25, 0.3) is 0 Å².